The standard InChI is InChI=1S/C33H35ClN4O3.C7H16N2O.C2H6/c1-7-19(2)29-23(13-10-16-27(29)35-31(39)26-18-37(4)20(3)38(5)33(26)40)24-14-9-15-25(30(24)34)28-17-21-11-8-12-22(21)32(36-28)41-6;1-8-6-4-3-5-7(10)9-2;1-2/h9-10,13-19H,3,7-8,11-12H2,1-2,4-6H3,(H,35,39);8H,3-6H2,1-2H3,(H,9,10);1-2H3. The Morgan fingerprint density at radius 1 is 1.04 bits per heavy atom. The Balaban J connectivity index is 0.000000547. The molecule has 1 aromatic heterocycles. The maximum Gasteiger partial charge on any atom is 0.266 e. The summed E-state index contributed by atoms with van der Waals surface area (Å²) in [5.41, 5.74) is 7.45. The number of unbranched alkanes of at least 4 members (excludes halogenated alkanes) is 1. The second-order valence-electron chi connectivity index (χ2n) is 12.9. The molecule has 286 valence electrons. The van der Waals surface area contributed by atoms with E-state index in [4.69, 9.17) is 21.3 Å². The molecule has 5 rings (SSSR count). The maximum atomic E-state index is 13.4. The third-order valence-electron chi connectivity index (χ3n) is 9.53. The number of benzene rings is 2. The minimum Gasteiger partial charge on any atom is -0.481 e. The van der Waals surface area contributed by atoms with Crippen molar-refractivity contribution in [3.05, 3.63) is 88.4 Å². The van der Waals surface area contributed by atoms with Crippen LogP contribution in [0, 0.1) is 0 Å². The molecular formula is C42H57ClN6O4. The van der Waals surface area contributed by atoms with Gasteiger partial charge in [-0.1, -0.05) is 76.2 Å². The summed E-state index contributed by atoms with van der Waals surface area (Å²) in [5, 5.41) is 9.21. The zero-order valence-electron chi connectivity index (χ0n) is 32.9. The number of nitrogens with zero attached hydrogens (tertiary/aromatic N) is 3. The number of anilines is 1. The first-order valence-corrected chi connectivity index (χ1v) is 18.9. The highest BCUT2D eigenvalue weighted by atomic mass is 35.5. The highest BCUT2D eigenvalue weighted by molar-refractivity contribution is 6.36. The van der Waals surface area contributed by atoms with Crippen LogP contribution in [-0.2, 0) is 27.2 Å². The van der Waals surface area contributed by atoms with Gasteiger partial charge in [0.2, 0.25) is 11.8 Å². The number of pyridine rings is 1. The summed E-state index contributed by atoms with van der Waals surface area (Å²) in [7, 11) is 8.60. The Labute approximate surface area is 321 Å². The van der Waals surface area contributed by atoms with Gasteiger partial charge in [-0.2, -0.15) is 0 Å². The molecule has 2 aromatic carbocycles. The van der Waals surface area contributed by atoms with E-state index in [1.807, 2.05) is 57.3 Å². The first-order valence-electron chi connectivity index (χ1n) is 18.5. The zero-order valence-corrected chi connectivity index (χ0v) is 33.7. The molecule has 0 saturated carbocycles. The summed E-state index contributed by atoms with van der Waals surface area (Å²) >= 11 is 7.15. The van der Waals surface area contributed by atoms with Crippen LogP contribution < -0.4 is 20.7 Å². The van der Waals surface area contributed by atoms with E-state index < -0.39 is 11.8 Å². The zero-order chi connectivity index (χ0) is 39.2. The molecule has 0 bridgehead atoms. The van der Waals surface area contributed by atoms with Crippen LogP contribution in [0.25, 0.3) is 22.4 Å². The third kappa shape index (κ3) is 10.3. The molecule has 1 unspecified atom stereocenters. The lowest BCUT2D eigenvalue weighted by Crippen LogP contribution is -2.41. The van der Waals surface area contributed by atoms with E-state index in [2.05, 4.69) is 42.4 Å². The number of nitrogens with one attached hydrogen (secondary N) is 3. The monoisotopic (exact) mass is 744 g/mol. The van der Waals surface area contributed by atoms with Gasteiger partial charge in [0.25, 0.3) is 11.8 Å². The minimum atomic E-state index is -0.475. The molecule has 11 heteroatoms. The quantitative estimate of drug-likeness (QED) is 0.128. The van der Waals surface area contributed by atoms with Gasteiger partial charge < -0.3 is 25.6 Å². The highest BCUT2D eigenvalue weighted by Gasteiger charge is 2.30. The third-order valence-corrected chi connectivity index (χ3v) is 9.93. The Morgan fingerprint density at radius 3 is 2.38 bits per heavy atom. The van der Waals surface area contributed by atoms with Crippen molar-refractivity contribution in [3.63, 3.8) is 0 Å². The fourth-order valence-electron chi connectivity index (χ4n) is 6.35. The molecule has 0 fully saturated rings. The number of carbonyl (C=O) groups excluding carboxylic acids is 3. The summed E-state index contributed by atoms with van der Waals surface area (Å²) < 4.78 is 5.63. The van der Waals surface area contributed by atoms with Crippen molar-refractivity contribution in [1.29, 1.82) is 0 Å². The van der Waals surface area contributed by atoms with E-state index in [0.29, 0.717) is 28.8 Å². The predicted molar refractivity (Wildman–Crippen MR) is 217 cm³/mol. The highest BCUT2D eigenvalue weighted by Crippen LogP contribution is 2.43. The molecule has 53 heavy (non-hydrogen) atoms. The number of fused-ring (bicyclic) bond motifs is 1. The van der Waals surface area contributed by atoms with Gasteiger partial charge in [-0.05, 0) is 86.9 Å². The van der Waals surface area contributed by atoms with Crippen molar-refractivity contribution in [1.82, 2.24) is 25.4 Å². The number of halogens is 1. The molecule has 1 aliphatic heterocycles. The summed E-state index contributed by atoms with van der Waals surface area (Å²) in [6.45, 7) is 13.1. The largest absolute Gasteiger partial charge is 0.481 e. The molecule has 2 aliphatic rings. The number of carbonyl (C=O) groups is 3. The molecule has 0 spiro atoms. The molecule has 3 aromatic rings. The molecule has 1 aliphatic carbocycles. The summed E-state index contributed by atoms with van der Waals surface area (Å²) in [4.78, 5) is 44.8. The number of aryl methyl sites for hydroxylation is 1. The topological polar surface area (TPSA) is 116 Å². The SMILES string of the molecule is C=C1N(C)C=C(C(=O)Nc2cccc(-c3cccc(-c4cc5c(c(OC)n4)CCC5)c3Cl)c2C(C)CC)C(=O)N1C.CC.CNCCCCC(=O)NC. The lowest BCUT2D eigenvalue weighted by atomic mass is 9.87. The summed E-state index contributed by atoms with van der Waals surface area (Å²) in [6.07, 6.45) is 8.11. The number of hydrogen-bond acceptors (Lipinski definition) is 7. The molecular weight excluding hydrogens is 688 g/mol. The summed E-state index contributed by atoms with van der Waals surface area (Å²) in [6, 6.07) is 13.9. The van der Waals surface area contributed by atoms with Gasteiger partial charge in [-0.3, -0.25) is 19.3 Å². The second-order valence-corrected chi connectivity index (χ2v) is 13.3. The van der Waals surface area contributed by atoms with Gasteiger partial charge in [-0.15, -0.1) is 0 Å². The number of methoxy groups -OCH3 is 1. The lowest BCUT2D eigenvalue weighted by molar-refractivity contribution is -0.128. The van der Waals surface area contributed by atoms with E-state index >= 15 is 0 Å². The van der Waals surface area contributed by atoms with Gasteiger partial charge in [0.15, 0.2) is 0 Å². The number of rotatable bonds is 12. The fraction of sp³-hybridized carbons (Fsp3) is 0.429. The van der Waals surface area contributed by atoms with E-state index in [1.165, 1.54) is 22.2 Å². The van der Waals surface area contributed by atoms with Crippen molar-refractivity contribution >= 4 is 35.0 Å². The normalized spacial score (nSPS) is 13.9. The van der Waals surface area contributed by atoms with E-state index in [-0.39, 0.29) is 17.4 Å². The number of amides is 3. The first kappa shape index (κ1) is 42.7. The molecule has 3 N–H and O–H groups in total. The van der Waals surface area contributed by atoms with Crippen LogP contribution in [0.2, 0.25) is 5.02 Å². The Bertz CT molecular complexity index is 1810. The number of ether oxygens (including phenoxy) is 1. The predicted octanol–water partition coefficient (Wildman–Crippen LogP) is 7.93. The van der Waals surface area contributed by atoms with E-state index in [1.54, 1.807) is 33.2 Å². The van der Waals surface area contributed by atoms with Gasteiger partial charge in [0.05, 0.1) is 17.8 Å². The van der Waals surface area contributed by atoms with Crippen molar-refractivity contribution in [2.75, 3.05) is 47.2 Å². The molecule has 3 amide bonds. The van der Waals surface area contributed by atoms with Crippen molar-refractivity contribution in [2.45, 2.75) is 78.6 Å². The molecule has 2 heterocycles. The maximum absolute atomic E-state index is 13.4. The van der Waals surface area contributed by atoms with Crippen LogP contribution in [0.15, 0.2) is 66.6 Å². The average Bonchev–Trinajstić information content (AvgIpc) is 3.66. The molecule has 10 nitrogen and oxygen atoms in total. The van der Waals surface area contributed by atoms with Crippen molar-refractivity contribution in [2.24, 2.45) is 0 Å². The van der Waals surface area contributed by atoms with Crippen LogP contribution in [0.4, 0.5) is 5.69 Å². The van der Waals surface area contributed by atoms with Gasteiger partial charge >= 0.3 is 0 Å². The minimum absolute atomic E-state index is 0.0413. The van der Waals surface area contributed by atoms with E-state index in [9.17, 15) is 14.4 Å². The van der Waals surface area contributed by atoms with Crippen LogP contribution in [0.5, 0.6) is 5.88 Å². The van der Waals surface area contributed by atoms with Gasteiger partial charge in [-0.25, -0.2) is 4.98 Å². The molecule has 0 radical (unpaired) electrons. The average molecular weight is 745 g/mol. The van der Waals surface area contributed by atoms with Crippen molar-refractivity contribution < 1.29 is 19.1 Å². The van der Waals surface area contributed by atoms with Crippen LogP contribution >= 0.6 is 11.6 Å². The summed E-state index contributed by atoms with van der Waals surface area (Å²) in [5.74, 6) is 0.514. The second kappa shape index (κ2) is 20.5. The smallest absolute Gasteiger partial charge is 0.266 e. The fourth-order valence-corrected chi connectivity index (χ4v) is 6.67. The first-order chi connectivity index (χ1) is 25.5. The number of aromatic nitrogens is 1. The lowest BCUT2D eigenvalue weighted by Gasteiger charge is -2.32. The van der Waals surface area contributed by atoms with E-state index in [0.717, 1.165) is 73.0 Å². The molecule has 0 saturated heterocycles. The van der Waals surface area contributed by atoms with Crippen LogP contribution in [0.1, 0.15) is 82.4 Å². The van der Waals surface area contributed by atoms with Gasteiger partial charge in [0, 0.05) is 56.1 Å². The Morgan fingerprint density at radius 2 is 1.72 bits per heavy atom. The van der Waals surface area contributed by atoms with Crippen LogP contribution in [0.3, 0.4) is 0 Å². The van der Waals surface area contributed by atoms with Gasteiger partial charge in [0.1, 0.15) is 11.4 Å². The Hall–Kier alpha value is -4.67. The van der Waals surface area contributed by atoms with Crippen molar-refractivity contribution in [3.8, 4) is 28.3 Å². The number of likely N-dealkylation sites (N-methyl/N-ethyl adjacent to an activating group) is 1. The number of hydrogen-bond donors (Lipinski definition) is 3. The Kier molecular flexibility index (Phi) is 16.6. The molecule has 1 atom stereocenters. The van der Waals surface area contributed by atoms with Crippen LogP contribution in [-0.4, -0.2) is 74.4 Å².